The highest BCUT2D eigenvalue weighted by atomic mass is 32.2. The summed E-state index contributed by atoms with van der Waals surface area (Å²) in [5, 5.41) is 0. The van der Waals surface area contributed by atoms with Gasteiger partial charge in [0.15, 0.2) is 0 Å². The van der Waals surface area contributed by atoms with E-state index in [9.17, 15) is 26.1 Å². The van der Waals surface area contributed by atoms with Crippen molar-refractivity contribution in [3.8, 4) is 22.5 Å². The summed E-state index contributed by atoms with van der Waals surface area (Å²) in [6.45, 7) is 0. The van der Waals surface area contributed by atoms with E-state index >= 15 is 0 Å². The minimum Gasteiger partial charge on any atom is -0.282 e. The zero-order chi connectivity index (χ0) is 21.5. The van der Waals surface area contributed by atoms with Gasteiger partial charge < -0.3 is 0 Å². The molecule has 5 nitrogen and oxygen atoms in total. The first-order chi connectivity index (χ1) is 14.2. The summed E-state index contributed by atoms with van der Waals surface area (Å²) in [7, 11) is -5.14. The summed E-state index contributed by atoms with van der Waals surface area (Å²) in [6, 6.07) is 19.1. The van der Waals surface area contributed by atoms with E-state index in [2.05, 4.69) is 9.97 Å². The van der Waals surface area contributed by atoms with E-state index in [0.29, 0.717) is 22.9 Å². The molecule has 0 saturated heterocycles. The quantitative estimate of drug-likeness (QED) is 0.450. The van der Waals surface area contributed by atoms with Crippen LogP contribution in [0.4, 0.5) is 13.2 Å². The van der Waals surface area contributed by atoms with Crippen molar-refractivity contribution in [1.29, 1.82) is 0 Å². The highest BCUT2D eigenvalue weighted by Crippen LogP contribution is 2.40. The summed E-state index contributed by atoms with van der Waals surface area (Å²) in [5.74, 6) is 0. The highest BCUT2D eigenvalue weighted by molar-refractivity contribution is 7.85. The smallest absolute Gasteiger partial charge is 0.282 e. The van der Waals surface area contributed by atoms with Gasteiger partial charge in [-0.2, -0.15) is 21.6 Å². The highest BCUT2D eigenvalue weighted by Gasteiger charge is 2.40. The van der Waals surface area contributed by atoms with Crippen molar-refractivity contribution in [3.63, 3.8) is 0 Å². The van der Waals surface area contributed by atoms with Crippen molar-refractivity contribution in [3.05, 3.63) is 78.4 Å². The van der Waals surface area contributed by atoms with Crippen LogP contribution in [-0.4, -0.2) is 22.9 Å². The van der Waals surface area contributed by atoms with Gasteiger partial charge in [0, 0.05) is 11.1 Å². The number of hydrogen-bond acceptors (Lipinski definition) is 4. The van der Waals surface area contributed by atoms with Gasteiger partial charge in [0.05, 0.1) is 16.9 Å². The maximum absolute atomic E-state index is 13.8. The van der Waals surface area contributed by atoms with Gasteiger partial charge in [0.2, 0.25) is 0 Å². The number of alkyl halides is 3. The molecule has 0 bridgehead atoms. The fraction of sp³-hybridized carbons (Fsp3) is 0.0476. The summed E-state index contributed by atoms with van der Waals surface area (Å²) in [4.78, 5) is 7.32. The Kier molecular flexibility index (Phi) is 4.79. The standard InChI is InChI=1S/C21H13F3N2O3S/c22-21(23,24)17-16(30(27,28)29)12-11-15-20(17)26-19(14-9-5-2-6-10-14)18(25-15)13-7-3-1-4-8-13/h1-12H,(H,27,28,29). The molecule has 0 aliphatic heterocycles. The van der Waals surface area contributed by atoms with E-state index < -0.39 is 32.3 Å². The van der Waals surface area contributed by atoms with Crippen LogP contribution in [0.25, 0.3) is 33.5 Å². The molecule has 0 radical (unpaired) electrons. The maximum Gasteiger partial charge on any atom is 0.419 e. The van der Waals surface area contributed by atoms with Crippen molar-refractivity contribution in [1.82, 2.24) is 9.97 Å². The van der Waals surface area contributed by atoms with Gasteiger partial charge in [-0.25, -0.2) is 9.97 Å². The van der Waals surface area contributed by atoms with Gasteiger partial charge in [-0.15, -0.1) is 0 Å². The monoisotopic (exact) mass is 430 g/mol. The fourth-order valence-corrected chi connectivity index (χ4v) is 3.90. The molecule has 1 heterocycles. The van der Waals surface area contributed by atoms with E-state index in [1.807, 2.05) is 0 Å². The van der Waals surface area contributed by atoms with Crippen LogP contribution in [0, 0.1) is 0 Å². The minimum atomic E-state index is -5.14. The molecule has 4 aromatic rings. The first kappa shape index (κ1) is 20.0. The summed E-state index contributed by atoms with van der Waals surface area (Å²) in [6.07, 6.45) is -5.08. The van der Waals surface area contributed by atoms with Gasteiger partial charge in [-0.3, -0.25) is 4.55 Å². The number of hydrogen-bond donors (Lipinski definition) is 1. The third-order valence-electron chi connectivity index (χ3n) is 4.45. The van der Waals surface area contributed by atoms with Crippen LogP contribution in [0.3, 0.4) is 0 Å². The molecule has 0 saturated carbocycles. The van der Waals surface area contributed by atoms with Crippen molar-refractivity contribution in [2.75, 3.05) is 0 Å². The van der Waals surface area contributed by atoms with Crippen LogP contribution in [0.2, 0.25) is 0 Å². The predicted octanol–water partition coefficient (Wildman–Crippen LogP) is 5.23. The Hall–Kier alpha value is -3.30. The molecule has 0 spiro atoms. The maximum atomic E-state index is 13.8. The molecule has 0 atom stereocenters. The zero-order valence-corrected chi connectivity index (χ0v) is 15.9. The molecule has 4 rings (SSSR count). The first-order valence-electron chi connectivity index (χ1n) is 8.66. The van der Waals surface area contributed by atoms with Crippen molar-refractivity contribution in [2.45, 2.75) is 11.1 Å². The van der Waals surface area contributed by atoms with E-state index in [1.165, 1.54) is 0 Å². The lowest BCUT2D eigenvalue weighted by atomic mass is 10.0. The molecule has 9 heteroatoms. The molecule has 0 aliphatic carbocycles. The van der Waals surface area contributed by atoms with Crippen molar-refractivity contribution in [2.24, 2.45) is 0 Å². The van der Waals surface area contributed by atoms with E-state index in [4.69, 9.17) is 0 Å². The molecule has 152 valence electrons. The third kappa shape index (κ3) is 3.64. The lowest BCUT2D eigenvalue weighted by molar-refractivity contribution is -0.138. The van der Waals surface area contributed by atoms with Crippen LogP contribution >= 0.6 is 0 Å². The van der Waals surface area contributed by atoms with Gasteiger partial charge in [-0.05, 0) is 12.1 Å². The summed E-state index contributed by atoms with van der Waals surface area (Å²) >= 11 is 0. The number of nitrogens with zero attached hydrogens (tertiary/aromatic N) is 2. The Bertz CT molecular complexity index is 1340. The molecule has 3 aromatic carbocycles. The summed E-state index contributed by atoms with van der Waals surface area (Å²) < 4.78 is 74.0. The van der Waals surface area contributed by atoms with Crippen LogP contribution in [0.5, 0.6) is 0 Å². The largest absolute Gasteiger partial charge is 0.419 e. The molecular weight excluding hydrogens is 417 g/mol. The molecular formula is C21H13F3N2O3S. The van der Waals surface area contributed by atoms with E-state index in [-0.39, 0.29) is 11.2 Å². The van der Waals surface area contributed by atoms with Crippen LogP contribution in [0.1, 0.15) is 5.56 Å². The lowest BCUT2D eigenvalue weighted by Crippen LogP contribution is -2.15. The Balaban J connectivity index is 2.16. The second-order valence-corrected chi connectivity index (χ2v) is 7.82. The lowest BCUT2D eigenvalue weighted by Gasteiger charge is -2.16. The Morgan fingerprint density at radius 3 is 1.70 bits per heavy atom. The molecule has 30 heavy (non-hydrogen) atoms. The van der Waals surface area contributed by atoms with E-state index in [1.54, 1.807) is 60.7 Å². The van der Waals surface area contributed by atoms with Crippen LogP contribution < -0.4 is 0 Å². The Labute approximate surface area is 169 Å². The SMILES string of the molecule is O=S(=O)(O)c1ccc2nc(-c3ccccc3)c(-c3ccccc3)nc2c1C(F)(F)F. The summed E-state index contributed by atoms with van der Waals surface area (Å²) in [5.41, 5.74) is -0.695. The average molecular weight is 430 g/mol. The number of aromatic nitrogens is 2. The second-order valence-electron chi connectivity index (χ2n) is 6.43. The fourth-order valence-electron chi connectivity index (χ4n) is 3.19. The van der Waals surface area contributed by atoms with Crippen molar-refractivity contribution >= 4 is 21.2 Å². The zero-order valence-electron chi connectivity index (χ0n) is 15.1. The first-order valence-corrected chi connectivity index (χ1v) is 10.1. The van der Waals surface area contributed by atoms with Crippen LogP contribution in [-0.2, 0) is 16.3 Å². The predicted molar refractivity (Wildman–Crippen MR) is 105 cm³/mol. The van der Waals surface area contributed by atoms with Gasteiger partial charge in [0.1, 0.15) is 16.0 Å². The van der Waals surface area contributed by atoms with Gasteiger partial charge in [-0.1, -0.05) is 60.7 Å². The van der Waals surface area contributed by atoms with E-state index in [0.717, 1.165) is 6.07 Å². The topological polar surface area (TPSA) is 80.2 Å². The number of fused-ring (bicyclic) bond motifs is 1. The molecule has 0 fully saturated rings. The number of rotatable bonds is 3. The normalized spacial score (nSPS) is 12.3. The Morgan fingerprint density at radius 2 is 1.23 bits per heavy atom. The Morgan fingerprint density at radius 1 is 0.733 bits per heavy atom. The second kappa shape index (κ2) is 7.19. The average Bonchev–Trinajstić information content (AvgIpc) is 2.71. The number of benzene rings is 3. The van der Waals surface area contributed by atoms with Gasteiger partial charge >= 0.3 is 6.18 Å². The molecule has 0 unspecified atom stereocenters. The third-order valence-corrected chi connectivity index (χ3v) is 5.35. The van der Waals surface area contributed by atoms with Gasteiger partial charge in [0.25, 0.3) is 10.1 Å². The molecule has 0 aliphatic rings. The number of halogens is 3. The van der Waals surface area contributed by atoms with Crippen LogP contribution in [0.15, 0.2) is 77.7 Å². The molecule has 1 aromatic heterocycles. The molecule has 0 amide bonds. The van der Waals surface area contributed by atoms with Crippen molar-refractivity contribution < 1.29 is 26.1 Å². The minimum absolute atomic E-state index is 0.145. The molecule has 1 N–H and O–H groups in total.